The van der Waals surface area contributed by atoms with E-state index in [2.05, 4.69) is 10.3 Å². The third-order valence-electron chi connectivity index (χ3n) is 3.03. The van der Waals surface area contributed by atoms with E-state index in [1.165, 1.54) is 12.3 Å². The van der Waals surface area contributed by atoms with Gasteiger partial charge in [0.05, 0.1) is 21.7 Å². The van der Waals surface area contributed by atoms with Crippen molar-refractivity contribution in [1.29, 1.82) is 0 Å². The summed E-state index contributed by atoms with van der Waals surface area (Å²) in [5.74, 6) is 0. The standard InChI is InChI=1S/C14H11Cl2F3N2/c1-20-13(8-2-3-11(15)12(16)6-8)9-7-21-5-4-10(9)14(17,18)19/h2-7,13,20H,1H3. The molecule has 1 unspecified atom stereocenters. The van der Waals surface area contributed by atoms with Gasteiger partial charge in [0, 0.05) is 18.0 Å². The van der Waals surface area contributed by atoms with Crippen molar-refractivity contribution >= 4 is 23.2 Å². The Morgan fingerprint density at radius 1 is 1.14 bits per heavy atom. The summed E-state index contributed by atoms with van der Waals surface area (Å²) in [7, 11) is 1.57. The lowest BCUT2D eigenvalue weighted by atomic mass is 9.96. The normalized spacial score (nSPS) is 13.2. The Kier molecular flexibility index (Phi) is 4.76. The first-order chi connectivity index (χ1) is 9.84. The van der Waals surface area contributed by atoms with E-state index in [-0.39, 0.29) is 10.6 Å². The fraction of sp³-hybridized carbons (Fsp3) is 0.214. The fourth-order valence-corrected chi connectivity index (χ4v) is 2.40. The van der Waals surface area contributed by atoms with E-state index in [1.807, 2.05) is 0 Å². The summed E-state index contributed by atoms with van der Waals surface area (Å²) in [5, 5.41) is 3.48. The number of pyridine rings is 1. The second-order valence-electron chi connectivity index (χ2n) is 4.36. The highest BCUT2D eigenvalue weighted by molar-refractivity contribution is 6.42. The summed E-state index contributed by atoms with van der Waals surface area (Å²) in [6, 6.07) is 4.98. The maximum Gasteiger partial charge on any atom is 0.416 e. The van der Waals surface area contributed by atoms with E-state index < -0.39 is 17.8 Å². The Morgan fingerprint density at radius 2 is 1.86 bits per heavy atom. The molecule has 112 valence electrons. The Hall–Kier alpha value is -1.30. The molecule has 0 aliphatic heterocycles. The molecule has 0 aliphatic carbocycles. The molecule has 0 aliphatic rings. The van der Waals surface area contributed by atoms with Gasteiger partial charge in [-0.2, -0.15) is 13.2 Å². The number of benzene rings is 1. The molecule has 0 bridgehead atoms. The average molecular weight is 335 g/mol. The molecule has 0 saturated heterocycles. The van der Waals surface area contributed by atoms with Crippen LogP contribution in [0.3, 0.4) is 0 Å². The highest BCUT2D eigenvalue weighted by Gasteiger charge is 2.35. The monoisotopic (exact) mass is 334 g/mol. The van der Waals surface area contributed by atoms with Gasteiger partial charge < -0.3 is 5.32 Å². The Bertz CT molecular complexity index is 644. The zero-order valence-corrected chi connectivity index (χ0v) is 12.4. The van der Waals surface area contributed by atoms with Gasteiger partial charge in [-0.1, -0.05) is 29.3 Å². The number of rotatable bonds is 3. The summed E-state index contributed by atoms with van der Waals surface area (Å²) in [6.07, 6.45) is -2.13. The van der Waals surface area contributed by atoms with Crippen LogP contribution < -0.4 is 5.32 Å². The smallest absolute Gasteiger partial charge is 0.309 e. The van der Waals surface area contributed by atoms with Crippen molar-refractivity contribution < 1.29 is 13.2 Å². The molecule has 0 fully saturated rings. The lowest BCUT2D eigenvalue weighted by Gasteiger charge is -2.21. The van der Waals surface area contributed by atoms with Crippen LogP contribution in [0.25, 0.3) is 0 Å². The quantitative estimate of drug-likeness (QED) is 0.878. The number of nitrogens with zero attached hydrogens (tertiary/aromatic N) is 1. The van der Waals surface area contributed by atoms with Gasteiger partial charge in [0.15, 0.2) is 0 Å². The number of nitrogens with one attached hydrogen (secondary N) is 1. The molecule has 2 aromatic rings. The summed E-state index contributed by atoms with van der Waals surface area (Å²) in [6.45, 7) is 0. The third kappa shape index (κ3) is 3.48. The summed E-state index contributed by atoms with van der Waals surface area (Å²) in [4.78, 5) is 3.79. The van der Waals surface area contributed by atoms with Gasteiger partial charge in [-0.05, 0) is 30.8 Å². The van der Waals surface area contributed by atoms with Crippen LogP contribution in [-0.4, -0.2) is 12.0 Å². The maximum absolute atomic E-state index is 13.1. The molecule has 0 amide bonds. The largest absolute Gasteiger partial charge is 0.416 e. The van der Waals surface area contributed by atoms with Crippen molar-refractivity contribution in [2.24, 2.45) is 0 Å². The van der Waals surface area contributed by atoms with Crippen LogP contribution >= 0.6 is 23.2 Å². The Labute approximate surface area is 129 Å². The van der Waals surface area contributed by atoms with Crippen LogP contribution in [0, 0.1) is 0 Å². The molecule has 0 radical (unpaired) electrons. The van der Waals surface area contributed by atoms with Crippen molar-refractivity contribution in [3.8, 4) is 0 Å². The molecule has 1 aromatic heterocycles. The van der Waals surface area contributed by atoms with Crippen molar-refractivity contribution in [3.63, 3.8) is 0 Å². The van der Waals surface area contributed by atoms with Gasteiger partial charge in [0.25, 0.3) is 0 Å². The first kappa shape index (κ1) is 16.1. The molecule has 1 N–H and O–H groups in total. The molecular formula is C14H11Cl2F3N2. The van der Waals surface area contributed by atoms with Gasteiger partial charge in [-0.15, -0.1) is 0 Å². The number of aromatic nitrogens is 1. The van der Waals surface area contributed by atoms with Gasteiger partial charge in [-0.25, -0.2) is 0 Å². The van der Waals surface area contributed by atoms with Gasteiger partial charge in [-0.3, -0.25) is 4.98 Å². The van der Waals surface area contributed by atoms with Crippen LogP contribution in [0.5, 0.6) is 0 Å². The molecule has 21 heavy (non-hydrogen) atoms. The fourth-order valence-electron chi connectivity index (χ4n) is 2.09. The lowest BCUT2D eigenvalue weighted by molar-refractivity contribution is -0.138. The van der Waals surface area contributed by atoms with Gasteiger partial charge >= 0.3 is 6.18 Å². The molecule has 0 spiro atoms. The van der Waals surface area contributed by atoms with E-state index in [0.717, 1.165) is 12.3 Å². The van der Waals surface area contributed by atoms with E-state index >= 15 is 0 Å². The van der Waals surface area contributed by atoms with Crippen molar-refractivity contribution in [2.45, 2.75) is 12.2 Å². The van der Waals surface area contributed by atoms with E-state index in [0.29, 0.717) is 10.6 Å². The predicted molar refractivity (Wildman–Crippen MR) is 76.6 cm³/mol. The van der Waals surface area contributed by atoms with Crippen LogP contribution in [0.15, 0.2) is 36.7 Å². The zero-order valence-electron chi connectivity index (χ0n) is 10.9. The minimum absolute atomic E-state index is 0.0332. The minimum atomic E-state index is -4.45. The maximum atomic E-state index is 13.1. The third-order valence-corrected chi connectivity index (χ3v) is 3.77. The number of hydrogen-bond donors (Lipinski definition) is 1. The summed E-state index contributed by atoms with van der Waals surface area (Å²) < 4.78 is 39.3. The molecular weight excluding hydrogens is 324 g/mol. The molecule has 0 saturated carbocycles. The second kappa shape index (κ2) is 6.22. The van der Waals surface area contributed by atoms with Crippen molar-refractivity contribution in [2.75, 3.05) is 7.05 Å². The van der Waals surface area contributed by atoms with Gasteiger partial charge in [0.1, 0.15) is 0 Å². The Morgan fingerprint density at radius 3 is 2.43 bits per heavy atom. The number of hydrogen-bond acceptors (Lipinski definition) is 2. The molecule has 1 heterocycles. The molecule has 7 heteroatoms. The average Bonchev–Trinajstić information content (AvgIpc) is 2.43. The van der Waals surface area contributed by atoms with Gasteiger partial charge in [0.2, 0.25) is 0 Å². The number of alkyl halides is 3. The summed E-state index contributed by atoms with van der Waals surface area (Å²) in [5.41, 5.74) is -0.126. The molecule has 2 rings (SSSR count). The SMILES string of the molecule is CNC(c1ccc(Cl)c(Cl)c1)c1cnccc1C(F)(F)F. The van der Waals surface area contributed by atoms with Crippen LogP contribution in [-0.2, 0) is 6.18 Å². The zero-order chi connectivity index (χ0) is 15.6. The molecule has 1 atom stereocenters. The summed E-state index contributed by atoms with van der Waals surface area (Å²) >= 11 is 11.8. The van der Waals surface area contributed by atoms with E-state index in [4.69, 9.17) is 23.2 Å². The topological polar surface area (TPSA) is 24.9 Å². The van der Waals surface area contributed by atoms with Crippen LogP contribution in [0.2, 0.25) is 10.0 Å². The number of halogens is 5. The minimum Gasteiger partial charge on any atom is -0.309 e. The predicted octanol–water partition coefficient (Wildman–Crippen LogP) is 4.72. The van der Waals surface area contributed by atoms with E-state index in [1.54, 1.807) is 19.2 Å². The Balaban J connectivity index is 2.54. The molecule has 1 aromatic carbocycles. The van der Waals surface area contributed by atoms with E-state index in [9.17, 15) is 13.2 Å². The van der Waals surface area contributed by atoms with Crippen molar-refractivity contribution in [3.05, 3.63) is 63.4 Å². The highest BCUT2D eigenvalue weighted by Crippen LogP contribution is 2.37. The lowest BCUT2D eigenvalue weighted by Crippen LogP contribution is -2.22. The molecule has 2 nitrogen and oxygen atoms in total. The van der Waals surface area contributed by atoms with Crippen LogP contribution in [0.1, 0.15) is 22.7 Å². The second-order valence-corrected chi connectivity index (χ2v) is 5.17. The highest BCUT2D eigenvalue weighted by atomic mass is 35.5. The van der Waals surface area contributed by atoms with Crippen molar-refractivity contribution in [1.82, 2.24) is 10.3 Å². The van der Waals surface area contributed by atoms with Crippen LogP contribution in [0.4, 0.5) is 13.2 Å². The first-order valence-electron chi connectivity index (χ1n) is 5.98. The first-order valence-corrected chi connectivity index (χ1v) is 6.73.